The zero-order chi connectivity index (χ0) is 19.5. The molecule has 6 nitrogen and oxygen atoms in total. The van der Waals surface area contributed by atoms with Gasteiger partial charge in [-0.3, -0.25) is 5.32 Å². The van der Waals surface area contributed by atoms with Gasteiger partial charge in [0.2, 0.25) is 0 Å². The number of fused-ring (bicyclic) bond motifs is 1. The molecule has 0 saturated heterocycles. The van der Waals surface area contributed by atoms with Gasteiger partial charge in [-0.25, -0.2) is 9.78 Å². The normalized spacial score (nSPS) is 15.2. The van der Waals surface area contributed by atoms with E-state index < -0.39 is 0 Å². The molecule has 1 aliphatic rings. The Morgan fingerprint density at radius 1 is 1.14 bits per heavy atom. The molecule has 4 N–H and O–H groups in total. The molecule has 8 heteroatoms. The van der Waals surface area contributed by atoms with E-state index in [4.69, 9.17) is 17.3 Å². The number of amides is 2. The number of nitrogens with two attached hydrogens (primary N) is 1. The minimum atomic E-state index is -0.383. The predicted molar refractivity (Wildman–Crippen MR) is 114 cm³/mol. The van der Waals surface area contributed by atoms with Gasteiger partial charge in [-0.1, -0.05) is 53.7 Å². The Morgan fingerprint density at radius 3 is 2.75 bits per heavy atom. The third kappa shape index (κ3) is 3.64. The van der Waals surface area contributed by atoms with Crippen LogP contribution in [0.5, 0.6) is 0 Å². The summed E-state index contributed by atoms with van der Waals surface area (Å²) in [5, 5.41) is 6.33. The highest BCUT2D eigenvalue weighted by Crippen LogP contribution is 2.49. The number of carbonyl (C=O) groups excluding carboxylic acids is 1. The van der Waals surface area contributed by atoms with Gasteiger partial charge in [0.1, 0.15) is 5.82 Å². The van der Waals surface area contributed by atoms with Crippen molar-refractivity contribution >= 4 is 46.6 Å². The maximum absolute atomic E-state index is 12.6. The number of anilines is 3. The minimum absolute atomic E-state index is 0.339. The van der Waals surface area contributed by atoms with Crippen molar-refractivity contribution in [3.8, 4) is 0 Å². The fourth-order valence-corrected chi connectivity index (χ4v) is 4.54. The summed E-state index contributed by atoms with van der Waals surface area (Å²) in [6.07, 6.45) is 1.62. The van der Waals surface area contributed by atoms with Gasteiger partial charge in [-0.2, -0.15) is 0 Å². The van der Waals surface area contributed by atoms with E-state index in [1.807, 2.05) is 53.4 Å². The number of rotatable bonds is 4. The maximum Gasteiger partial charge on any atom is 0.322 e. The number of benzene rings is 2. The number of hydrogen-bond acceptors (Lipinski definition) is 5. The number of nitrogens with one attached hydrogen (secondary N) is 2. The van der Waals surface area contributed by atoms with Crippen LogP contribution in [0.2, 0.25) is 5.02 Å². The lowest BCUT2D eigenvalue weighted by molar-refractivity contribution is 0.251. The first-order valence-electron chi connectivity index (χ1n) is 8.68. The molecule has 0 saturated carbocycles. The molecule has 1 aromatic heterocycles. The van der Waals surface area contributed by atoms with Crippen LogP contribution in [0.25, 0.3) is 0 Å². The van der Waals surface area contributed by atoms with Crippen molar-refractivity contribution in [1.29, 1.82) is 0 Å². The second kappa shape index (κ2) is 8.10. The van der Waals surface area contributed by atoms with Crippen molar-refractivity contribution in [3.05, 3.63) is 77.4 Å². The second-order valence-electron chi connectivity index (χ2n) is 6.07. The summed E-state index contributed by atoms with van der Waals surface area (Å²) in [6.45, 7) is 0.339. The lowest BCUT2D eigenvalue weighted by Crippen LogP contribution is -2.44. The van der Waals surface area contributed by atoms with E-state index in [9.17, 15) is 4.79 Å². The number of carbonyl (C=O) groups is 1. The van der Waals surface area contributed by atoms with Gasteiger partial charge in [0.25, 0.3) is 0 Å². The Balaban J connectivity index is 1.66. The average molecular weight is 412 g/mol. The first-order valence-corrected chi connectivity index (χ1v) is 9.94. The maximum atomic E-state index is 12.6. The number of hydrogen-bond donors (Lipinski definition) is 3. The van der Waals surface area contributed by atoms with Gasteiger partial charge >= 0.3 is 6.03 Å². The fourth-order valence-electron chi connectivity index (χ4n) is 3.08. The summed E-state index contributed by atoms with van der Waals surface area (Å²) < 4.78 is 0. The molecule has 0 radical (unpaired) electrons. The van der Waals surface area contributed by atoms with Gasteiger partial charge in [-0.15, -0.1) is 0 Å². The third-order valence-corrected chi connectivity index (χ3v) is 5.75. The average Bonchev–Trinajstić information content (AvgIpc) is 3.05. The predicted octanol–water partition coefficient (Wildman–Crippen LogP) is 4.54. The number of urea groups is 1. The van der Waals surface area contributed by atoms with Crippen LogP contribution in [0.15, 0.2) is 71.8 Å². The molecule has 2 heterocycles. The van der Waals surface area contributed by atoms with Crippen molar-refractivity contribution in [3.63, 3.8) is 0 Å². The van der Waals surface area contributed by atoms with Crippen LogP contribution in [-0.2, 0) is 6.54 Å². The van der Waals surface area contributed by atoms with Gasteiger partial charge in [0.15, 0.2) is 5.50 Å². The Kier molecular flexibility index (Phi) is 5.38. The summed E-state index contributed by atoms with van der Waals surface area (Å²) in [6, 6.07) is 18.6. The molecule has 4 rings (SSSR count). The molecule has 1 aliphatic heterocycles. The smallest absolute Gasteiger partial charge is 0.322 e. The number of pyridine rings is 1. The molecule has 2 amide bonds. The first-order chi connectivity index (χ1) is 13.7. The molecule has 1 unspecified atom stereocenters. The van der Waals surface area contributed by atoms with Crippen LogP contribution in [0.1, 0.15) is 5.56 Å². The number of para-hydroxylation sites is 2. The number of halogens is 1. The van der Waals surface area contributed by atoms with Crippen molar-refractivity contribution < 1.29 is 4.79 Å². The van der Waals surface area contributed by atoms with Gasteiger partial charge < -0.3 is 16.0 Å². The molecule has 2 aromatic carbocycles. The lowest BCUT2D eigenvalue weighted by atomic mass is 10.1. The SMILES string of the molecule is NCc1cccc(Cl)c1N1c2ccccc2SC1NC(=O)Nc1ccccn1. The Bertz CT molecular complexity index is 1000. The Hall–Kier alpha value is -2.74. The van der Waals surface area contributed by atoms with Crippen LogP contribution >= 0.6 is 23.4 Å². The zero-order valence-corrected chi connectivity index (χ0v) is 16.4. The molecule has 1 atom stereocenters. The Morgan fingerprint density at radius 2 is 1.96 bits per heavy atom. The Labute approximate surface area is 172 Å². The molecule has 142 valence electrons. The van der Waals surface area contributed by atoms with Crippen molar-refractivity contribution in [1.82, 2.24) is 10.3 Å². The van der Waals surface area contributed by atoms with Crippen molar-refractivity contribution in [2.75, 3.05) is 10.2 Å². The van der Waals surface area contributed by atoms with Crippen LogP contribution in [0, 0.1) is 0 Å². The van der Waals surface area contributed by atoms with Crippen LogP contribution < -0.4 is 21.3 Å². The summed E-state index contributed by atoms with van der Waals surface area (Å²) >= 11 is 8.08. The zero-order valence-electron chi connectivity index (χ0n) is 14.8. The van der Waals surface area contributed by atoms with E-state index >= 15 is 0 Å². The van der Waals surface area contributed by atoms with Crippen molar-refractivity contribution in [2.24, 2.45) is 5.73 Å². The van der Waals surface area contributed by atoms with Crippen molar-refractivity contribution in [2.45, 2.75) is 16.9 Å². The quantitative estimate of drug-likeness (QED) is 0.586. The molecule has 0 spiro atoms. The van der Waals surface area contributed by atoms with E-state index in [1.54, 1.807) is 30.1 Å². The van der Waals surface area contributed by atoms with E-state index in [2.05, 4.69) is 15.6 Å². The highest BCUT2D eigenvalue weighted by atomic mass is 35.5. The highest BCUT2D eigenvalue weighted by Gasteiger charge is 2.34. The molecule has 28 heavy (non-hydrogen) atoms. The molecular formula is C20H18ClN5OS. The van der Waals surface area contributed by atoms with E-state index in [0.717, 1.165) is 21.8 Å². The van der Waals surface area contributed by atoms with E-state index in [0.29, 0.717) is 17.4 Å². The molecule has 0 bridgehead atoms. The monoisotopic (exact) mass is 411 g/mol. The number of aromatic nitrogens is 1. The summed E-state index contributed by atoms with van der Waals surface area (Å²) in [7, 11) is 0. The van der Waals surface area contributed by atoms with E-state index in [-0.39, 0.29) is 11.5 Å². The van der Waals surface area contributed by atoms with Crippen LogP contribution in [0.3, 0.4) is 0 Å². The standard InChI is InChI=1S/C20H18ClN5OS/c21-14-7-5-6-13(12-22)18(14)26-15-8-1-2-9-16(15)28-20(26)25-19(27)24-17-10-3-4-11-23-17/h1-11,20H,12,22H2,(H2,23,24,25,27). The first kappa shape index (κ1) is 18.6. The topological polar surface area (TPSA) is 83.3 Å². The largest absolute Gasteiger partial charge is 0.326 e. The number of nitrogens with zero attached hydrogens (tertiary/aromatic N) is 2. The molecule has 0 aliphatic carbocycles. The molecule has 0 fully saturated rings. The van der Waals surface area contributed by atoms with Gasteiger partial charge in [-0.05, 0) is 35.9 Å². The highest BCUT2D eigenvalue weighted by molar-refractivity contribution is 8.00. The molecular weight excluding hydrogens is 394 g/mol. The van der Waals surface area contributed by atoms with Crippen LogP contribution in [-0.4, -0.2) is 16.5 Å². The fraction of sp³-hybridized carbons (Fsp3) is 0.100. The summed E-state index contributed by atoms with van der Waals surface area (Å²) in [5.74, 6) is 0.479. The van der Waals surface area contributed by atoms with Gasteiger partial charge in [0, 0.05) is 17.6 Å². The minimum Gasteiger partial charge on any atom is -0.326 e. The molecule has 3 aromatic rings. The lowest BCUT2D eigenvalue weighted by Gasteiger charge is -2.29. The summed E-state index contributed by atoms with van der Waals surface area (Å²) in [4.78, 5) is 19.8. The second-order valence-corrected chi connectivity index (χ2v) is 7.60. The number of thioether (sulfide) groups is 1. The summed E-state index contributed by atoms with van der Waals surface area (Å²) in [5.41, 5.74) is 8.25. The third-order valence-electron chi connectivity index (χ3n) is 4.29. The van der Waals surface area contributed by atoms with Crippen LogP contribution in [0.4, 0.5) is 22.0 Å². The van der Waals surface area contributed by atoms with E-state index in [1.165, 1.54) is 0 Å². The van der Waals surface area contributed by atoms with Gasteiger partial charge in [0.05, 0.1) is 16.4 Å².